The first-order chi connectivity index (χ1) is 4.63. The Morgan fingerprint density at radius 1 is 1.30 bits per heavy atom. The molecule has 1 atom stereocenters. The average Bonchev–Trinajstić information content (AvgIpc) is 2.11. The fraction of sp³-hybridized carbons (Fsp3) is 0.571. The molecule has 2 N–H and O–H groups in total. The van der Waals surface area contributed by atoms with Crippen molar-refractivity contribution in [3.63, 3.8) is 0 Å². The molecular formula is C7H10NO2. The molecule has 1 fully saturated rings. The van der Waals surface area contributed by atoms with Crippen LogP contribution in [0.5, 0.6) is 0 Å². The SMILES string of the molecule is CC(N)[C]1C(=O)CCC1=O. The van der Waals surface area contributed by atoms with Crippen LogP contribution in [0.3, 0.4) is 0 Å². The largest absolute Gasteiger partial charge is 0.327 e. The summed E-state index contributed by atoms with van der Waals surface area (Å²) in [5, 5.41) is 0. The minimum Gasteiger partial charge on any atom is -0.327 e. The molecule has 0 aromatic heterocycles. The second kappa shape index (κ2) is 2.50. The van der Waals surface area contributed by atoms with E-state index in [4.69, 9.17) is 5.73 Å². The van der Waals surface area contributed by atoms with Crippen LogP contribution >= 0.6 is 0 Å². The predicted molar refractivity (Wildman–Crippen MR) is 36.1 cm³/mol. The van der Waals surface area contributed by atoms with Crippen molar-refractivity contribution in [3.05, 3.63) is 5.92 Å². The second-order valence-corrected chi connectivity index (χ2v) is 2.55. The van der Waals surface area contributed by atoms with E-state index in [0.717, 1.165) is 0 Å². The third-order valence-electron chi connectivity index (χ3n) is 1.64. The van der Waals surface area contributed by atoms with Gasteiger partial charge in [0.1, 0.15) is 17.5 Å². The smallest absolute Gasteiger partial charge is 0.149 e. The van der Waals surface area contributed by atoms with Crippen molar-refractivity contribution in [3.8, 4) is 0 Å². The number of nitrogens with two attached hydrogens (primary N) is 1. The first kappa shape index (κ1) is 7.41. The summed E-state index contributed by atoms with van der Waals surface area (Å²) in [5.41, 5.74) is 5.40. The highest BCUT2D eigenvalue weighted by Gasteiger charge is 2.36. The van der Waals surface area contributed by atoms with E-state index >= 15 is 0 Å². The van der Waals surface area contributed by atoms with Crippen LogP contribution in [0.15, 0.2) is 0 Å². The van der Waals surface area contributed by atoms with Gasteiger partial charge in [-0.25, -0.2) is 0 Å². The quantitative estimate of drug-likeness (QED) is 0.550. The van der Waals surface area contributed by atoms with E-state index in [1.807, 2.05) is 0 Å². The van der Waals surface area contributed by atoms with Crippen molar-refractivity contribution in [2.24, 2.45) is 5.73 Å². The summed E-state index contributed by atoms with van der Waals surface area (Å²) < 4.78 is 0. The van der Waals surface area contributed by atoms with Crippen LogP contribution in [0.25, 0.3) is 0 Å². The molecule has 10 heavy (non-hydrogen) atoms. The number of carbonyl (C=O) groups excluding carboxylic acids is 2. The molecule has 0 heterocycles. The average molecular weight is 140 g/mol. The van der Waals surface area contributed by atoms with Crippen molar-refractivity contribution >= 4 is 11.6 Å². The van der Waals surface area contributed by atoms with Crippen LogP contribution in [0.1, 0.15) is 19.8 Å². The molecule has 0 aliphatic heterocycles. The highest BCUT2D eigenvalue weighted by molar-refractivity contribution is 6.22. The highest BCUT2D eigenvalue weighted by atomic mass is 16.2. The summed E-state index contributed by atoms with van der Waals surface area (Å²) in [6, 6.07) is -0.387. The fourth-order valence-corrected chi connectivity index (χ4v) is 1.16. The van der Waals surface area contributed by atoms with Gasteiger partial charge in [0.2, 0.25) is 0 Å². The molecule has 1 radical (unpaired) electrons. The lowest BCUT2D eigenvalue weighted by Crippen LogP contribution is -2.31. The first-order valence-corrected chi connectivity index (χ1v) is 3.31. The van der Waals surface area contributed by atoms with Crippen molar-refractivity contribution in [2.75, 3.05) is 0 Å². The lowest BCUT2D eigenvalue weighted by Gasteiger charge is -2.08. The lowest BCUT2D eigenvalue weighted by molar-refractivity contribution is -0.119. The van der Waals surface area contributed by atoms with Gasteiger partial charge in [0.15, 0.2) is 0 Å². The van der Waals surface area contributed by atoms with Crippen molar-refractivity contribution in [1.29, 1.82) is 0 Å². The topological polar surface area (TPSA) is 60.2 Å². The number of hydrogen-bond donors (Lipinski definition) is 1. The van der Waals surface area contributed by atoms with Gasteiger partial charge in [0.25, 0.3) is 0 Å². The van der Waals surface area contributed by atoms with Crippen LogP contribution in [-0.4, -0.2) is 17.6 Å². The molecule has 1 aliphatic rings. The van der Waals surface area contributed by atoms with Gasteiger partial charge < -0.3 is 5.73 Å². The molecule has 0 aromatic rings. The number of carbonyl (C=O) groups is 2. The monoisotopic (exact) mass is 140 g/mol. The van der Waals surface area contributed by atoms with E-state index in [0.29, 0.717) is 18.8 Å². The Morgan fingerprint density at radius 3 is 1.90 bits per heavy atom. The maximum absolute atomic E-state index is 10.9. The number of rotatable bonds is 1. The Morgan fingerprint density at radius 2 is 1.70 bits per heavy atom. The Hall–Kier alpha value is -0.700. The van der Waals surface area contributed by atoms with Crippen LogP contribution in [0.4, 0.5) is 0 Å². The summed E-state index contributed by atoms with van der Waals surface area (Å²) >= 11 is 0. The third-order valence-corrected chi connectivity index (χ3v) is 1.64. The van der Waals surface area contributed by atoms with Crippen molar-refractivity contribution in [1.82, 2.24) is 0 Å². The normalized spacial score (nSPS) is 23.8. The van der Waals surface area contributed by atoms with E-state index in [2.05, 4.69) is 0 Å². The molecule has 1 saturated carbocycles. The van der Waals surface area contributed by atoms with Gasteiger partial charge in [-0.15, -0.1) is 0 Å². The second-order valence-electron chi connectivity index (χ2n) is 2.55. The molecule has 1 rings (SSSR count). The summed E-state index contributed by atoms with van der Waals surface area (Å²) in [6.45, 7) is 1.66. The van der Waals surface area contributed by atoms with Crippen LogP contribution in [-0.2, 0) is 9.59 Å². The van der Waals surface area contributed by atoms with Gasteiger partial charge in [-0.1, -0.05) is 0 Å². The highest BCUT2D eigenvalue weighted by Crippen LogP contribution is 2.21. The Kier molecular flexibility index (Phi) is 1.85. The minimum atomic E-state index is -0.387. The zero-order valence-corrected chi connectivity index (χ0v) is 5.89. The van der Waals surface area contributed by atoms with Gasteiger partial charge in [-0.05, 0) is 6.92 Å². The first-order valence-electron chi connectivity index (χ1n) is 3.31. The van der Waals surface area contributed by atoms with E-state index in [1.165, 1.54) is 0 Å². The zero-order valence-electron chi connectivity index (χ0n) is 5.89. The molecule has 3 heteroatoms. The fourth-order valence-electron chi connectivity index (χ4n) is 1.16. The van der Waals surface area contributed by atoms with Crippen LogP contribution in [0, 0.1) is 5.92 Å². The van der Waals surface area contributed by atoms with Gasteiger partial charge in [-0.3, -0.25) is 9.59 Å². The molecule has 0 saturated heterocycles. The summed E-state index contributed by atoms with van der Waals surface area (Å²) in [4.78, 5) is 21.8. The molecule has 0 spiro atoms. The maximum atomic E-state index is 10.9. The van der Waals surface area contributed by atoms with Gasteiger partial charge >= 0.3 is 0 Å². The minimum absolute atomic E-state index is 0.0694. The number of Topliss-reactive ketones (excluding diaryl/α,β-unsaturated/α-hetero) is 2. The Balaban J connectivity index is 2.72. The van der Waals surface area contributed by atoms with E-state index < -0.39 is 0 Å². The van der Waals surface area contributed by atoms with Crippen molar-refractivity contribution in [2.45, 2.75) is 25.8 Å². The summed E-state index contributed by atoms with van der Waals surface area (Å²) in [5.74, 6) is 0.167. The number of hydrogen-bond acceptors (Lipinski definition) is 3. The van der Waals surface area contributed by atoms with Gasteiger partial charge in [0.05, 0.1) is 0 Å². The van der Waals surface area contributed by atoms with Crippen LogP contribution < -0.4 is 5.73 Å². The van der Waals surface area contributed by atoms with Gasteiger partial charge in [0, 0.05) is 18.9 Å². The van der Waals surface area contributed by atoms with E-state index in [-0.39, 0.29) is 17.6 Å². The molecule has 55 valence electrons. The Bertz CT molecular complexity index is 158. The lowest BCUT2D eigenvalue weighted by atomic mass is 9.99. The molecule has 0 aromatic carbocycles. The predicted octanol–water partition coefficient (Wildman–Crippen LogP) is -0.160. The van der Waals surface area contributed by atoms with E-state index in [9.17, 15) is 9.59 Å². The Labute approximate surface area is 59.6 Å². The molecule has 3 nitrogen and oxygen atoms in total. The summed E-state index contributed by atoms with van der Waals surface area (Å²) in [7, 11) is 0. The standard InChI is InChI=1S/C7H10NO2/c1-4(8)7-5(9)2-3-6(7)10/h4H,2-3,8H2,1H3. The summed E-state index contributed by atoms with van der Waals surface area (Å²) in [6.07, 6.45) is 0.714. The van der Waals surface area contributed by atoms with Gasteiger partial charge in [-0.2, -0.15) is 0 Å². The molecule has 1 aliphatic carbocycles. The molecule has 0 bridgehead atoms. The molecule has 1 unspecified atom stereocenters. The van der Waals surface area contributed by atoms with Crippen molar-refractivity contribution < 1.29 is 9.59 Å². The zero-order chi connectivity index (χ0) is 7.72. The third kappa shape index (κ3) is 1.09. The van der Waals surface area contributed by atoms with Crippen LogP contribution in [0.2, 0.25) is 0 Å². The maximum Gasteiger partial charge on any atom is 0.149 e. The number of ketones is 2. The van der Waals surface area contributed by atoms with E-state index in [1.54, 1.807) is 6.92 Å². The molecular weight excluding hydrogens is 130 g/mol. The molecule has 0 amide bonds.